The number of aliphatic hydroxyl groups excluding tert-OH is 6. The number of fused-ring (bicyclic) bond motifs is 5. The lowest BCUT2D eigenvalue weighted by atomic mass is 9.42. The third-order valence-electron chi connectivity index (χ3n) is 18.3. The van der Waals surface area contributed by atoms with Crippen LogP contribution in [0.15, 0.2) is 11.6 Å². The average molecular weight is 969 g/mol. The van der Waals surface area contributed by atoms with Gasteiger partial charge >= 0.3 is 11.9 Å². The summed E-state index contributed by atoms with van der Waals surface area (Å²) in [5, 5.41) is 78.4. The third-order valence-corrected chi connectivity index (χ3v) is 18.3. The molecule has 68 heavy (non-hydrogen) atoms. The van der Waals surface area contributed by atoms with E-state index in [9.17, 15) is 45.3 Å². The summed E-state index contributed by atoms with van der Waals surface area (Å²) in [6, 6.07) is 0. The molecule has 0 spiro atoms. The number of rotatable bonds is 10. The van der Waals surface area contributed by atoms with Gasteiger partial charge in [0.05, 0.1) is 54.4 Å². The van der Waals surface area contributed by atoms with E-state index < -0.39 is 128 Å². The van der Waals surface area contributed by atoms with Crippen molar-refractivity contribution < 1.29 is 92.7 Å². The number of carbonyl (C=O) groups is 2. The molecule has 19 heteroatoms. The summed E-state index contributed by atoms with van der Waals surface area (Å²) >= 11 is 0. The molecular formula is C49H76O19. The summed E-state index contributed by atoms with van der Waals surface area (Å²) in [6.07, 6.45) is -9.51. The van der Waals surface area contributed by atoms with Crippen LogP contribution in [0.1, 0.15) is 119 Å². The Morgan fingerprint density at radius 3 is 1.88 bits per heavy atom. The Bertz CT molecular complexity index is 1830. The van der Waals surface area contributed by atoms with Gasteiger partial charge in [-0.3, -0.25) is 4.79 Å². The van der Waals surface area contributed by atoms with Gasteiger partial charge in [-0.2, -0.15) is 0 Å². The first-order valence-corrected chi connectivity index (χ1v) is 25.2. The van der Waals surface area contributed by atoms with Crippen molar-refractivity contribution in [3.8, 4) is 0 Å². The van der Waals surface area contributed by atoms with Crippen LogP contribution in [0.4, 0.5) is 0 Å². The van der Waals surface area contributed by atoms with Gasteiger partial charge in [0.15, 0.2) is 25.2 Å². The molecule has 9 rings (SSSR count). The standard InChI is InChI=1S/C49H76O19/c1-21-40(55)41(56)42(57)46(63-21)68-45-24(4)62-39(19-34(45)64-25(5)50)67-44-23(3)61-38(18-33(44)52)66-43-22(2)60-37(17-32(43)51)65-28-10-12-47(6)27(15-28)8-9-30-31(47)16-35(53)48(7)29(11-13-49(30,48)58)26-14-36(54)59-20-26/h14,21-24,27-35,37-46,51-53,55-58H,8-13,15-20H2,1-7H3/t21-,22-,23-,24-,27-,28+,29-,30-,31+,32+,33+,34+,35-,37+,38+,39+,40-,41+,42-,43-,44?,45-,46+,47+,48+,49+/m1/s1. The van der Waals surface area contributed by atoms with Gasteiger partial charge in [0.2, 0.25) is 0 Å². The minimum Gasteiger partial charge on any atom is -0.459 e. The van der Waals surface area contributed by atoms with E-state index in [0.29, 0.717) is 18.8 Å². The van der Waals surface area contributed by atoms with E-state index in [1.807, 2.05) is 13.8 Å². The molecule has 0 radical (unpaired) electrons. The highest BCUT2D eigenvalue weighted by atomic mass is 16.8. The maximum Gasteiger partial charge on any atom is 0.331 e. The Morgan fingerprint density at radius 1 is 0.662 bits per heavy atom. The lowest BCUT2D eigenvalue weighted by Crippen LogP contribution is -2.67. The van der Waals surface area contributed by atoms with E-state index in [4.69, 9.17) is 47.4 Å². The van der Waals surface area contributed by atoms with Crippen LogP contribution < -0.4 is 0 Å². The Morgan fingerprint density at radius 2 is 1.28 bits per heavy atom. The van der Waals surface area contributed by atoms with E-state index in [1.54, 1.807) is 19.9 Å². The minimum absolute atomic E-state index is 0.00234. The summed E-state index contributed by atoms with van der Waals surface area (Å²) in [4.78, 5) is 24.2. The van der Waals surface area contributed by atoms with E-state index >= 15 is 0 Å². The second-order valence-corrected chi connectivity index (χ2v) is 22.2. The zero-order valence-corrected chi connectivity index (χ0v) is 40.4. The molecule has 0 aromatic rings. The van der Waals surface area contributed by atoms with Gasteiger partial charge in [0, 0.05) is 37.7 Å². The van der Waals surface area contributed by atoms with Crippen molar-refractivity contribution in [2.24, 2.45) is 34.5 Å². The van der Waals surface area contributed by atoms with Crippen molar-refractivity contribution in [1.29, 1.82) is 0 Å². The number of carbonyl (C=O) groups excluding carboxylic acids is 2. The molecule has 0 aromatic carbocycles. The molecule has 5 heterocycles. The van der Waals surface area contributed by atoms with Crippen LogP contribution in [-0.4, -0.2) is 177 Å². The maximum absolute atomic E-state index is 12.6. The van der Waals surface area contributed by atoms with Gasteiger partial charge in [-0.1, -0.05) is 13.8 Å². The highest BCUT2D eigenvalue weighted by Crippen LogP contribution is 2.70. The fourth-order valence-electron chi connectivity index (χ4n) is 14.5. The predicted molar refractivity (Wildman–Crippen MR) is 233 cm³/mol. The first-order valence-electron chi connectivity index (χ1n) is 25.2. The fourth-order valence-corrected chi connectivity index (χ4v) is 14.5. The molecule has 0 amide bonds. The molecule has 5 aliphatic heterocycles. The first kappa shape index (κ1) is 51.0. The molecule has 26 atom stereocenters. The molecule has 4 saturated carbocycles. The second-order valence-electron chi connectivity index (χ2n) is 22.2. The number of ether oxygens (including phenoxy) is 10. The average Bonchev–Trinajstić information content (AvgIpc) is 3.82. The van der Waals surface area contributed by atoms with Crippen molar-refractivity contribution in [1.82, 2.24) is 0 Å². The van der Waals surface area contributed by atoms with Crippen LogP contribution in [0.2, 0.25) is 0 Å². The van der Waals surface area contributed by atoms with E-state index in [-0.39, 0.29) is 61.1 Å². The third kappa shape index (κ3) is 9.13. The van der Waals surface area contributed by atoms with Crippen LogP contribution in [-0.2, 0) is 57.0 Å². The zero-order valence-electron chi connectivity index (χ0n) is 40.4. The topological polar surface area (TPSA) is 268 Å². The van der Waals surface area contributed by atoms with Crippen LogP contribution in [0.25, 0.3) is 0 Å². The fraction of sp³-hybridized carbons (Fsp3) is 0.918. The summed E-state index contributed by atoms with van der Waals surface area (Å²) in [5.74, 6) is -0.516. The Kier molecular flexibility index (Phi) is 14.6. The molecular weight excluding hydrogens is 893 g/mol. The molecule has 8 fully saturated rings. The van der Waals surface area contributed by atoms with Crippen molar-refractivity contribution in [3.05, 3.63) is 11.6 Å². The van der Waals surface area contributed by atoms with Crippen LogP contribution >= 0.6 is 0 Å². The number of aliphatic hydroxyl groups is 7. The summed E-state index contributed by atoms with van der Waals surface area (Å²) in [6.45, 7) is 12.6. The number of hydrogen-bond acceptors (Lipinski definition) is 19. The highest BCUT2D eigenvalue weighted by molar-refractivity contribution is 5.85. The number of hydrogen-bond donors (Lipinski definition) is 7. The molecule has 9 aliphatic rings. The van der Waals surface area contributed by atoms with Gasteiger partial charge in [-0.25, -0.2) is 4.79 Å². The molecule has 4 saturated heterocycles. The summed E-state index contributed by atoms with van der Waals surface area (Å²) < 4.78 is 60.3. The predicted octanol–water partition coefficient (Wildman–Crippen LogP) is 1.64. The lowest BCUT2D eigenvalue weighted by Gasteiger charge is -2.65. The Hall–Kier alpha value is -1.92. The molecule has 7 N–H and O–H groups in total. The monoisotopic (exact) mass is 968 g/mol. The maximum atomic E-state index is 12.6. The van der Waals surface area contributed by atoms with Gasteiger partial charge in [-0.05, 0) is 114 Å². The molecule has 386 valence electrons. The van der Waals surface area contributed by atoms with Crippen LogP contribution in [0.3, 0.4) is 0 Å². The Balaban J connectivity index is 0.752. The summed E-state index contributed by atoms with van der Waals surface area (Å²) in [7, 11) is 0. The summed E-state index contributed by atoms with van der Waals surface area (Å²) in [5.41, 5.74) is -0.993. The number of esters is 2. The Labute approximate surface area is 398 Å². The van der Waals surface area contributed by atoms with E-state index in [0.717, 1.165) is 44.1 Å². The molecule has 0 aromatic heterocycles. The number of cyclic esters (lactones) is 1. The minimum atomic E-state index is -1.58. The molecule has 19 nitrogen and oxygen atoms in total. The van der Waals surface area contributed by atoms with Crippen LogP contribution in [0.5, 0.6) is 0 Å². The highest BCUT2D eigenvalue weighted by Gasteiger charge is 2.71. The normalized spacial score (nSPS) is 53.9. The van der Waals surface area contributed by atoms with E-state index in [2.05, 4.69) is 6.92 Å². The van der Waals surface area contributed by atoms with E-state index in [1.165, 1.54) is 13.8 Å². The molecule has 4 aliphatic carbocycles. The molecule has 1 unspecified atom stereocenters. The smallest absolute Gasteiger partial charge is 0.331 e. The van der Waals surface area contributed by atoms with Gasteiger partial charge < -0.3 is 83.1 Å². The van der Waals surface area contributed by atoms with Crippen LogP contribution in [0, 0.1) is 34.5 Å². The second kappa shape index (κ2) is 19.5. The largest absolute Gasteiger partial charge is 0.459 e. The van der Waals surface area contributed by atoms with Gasteiger partial charge in [-0.15, -0.1) is 0 Å². The quantitative estimate of drug-likeness (QED) is 0.121. The van der Waals surface area contributed by atoms with Gasteiger partial charge in [0.1, 0.15) is 49.3 Å². The lowest BCUT2D eigenvalue weighted by molar-refractivity contribution is -0.353. The van der Waals surface area contributed by atoms with Crippen molar-refractivity contribution >= 4 is 11.9 Å². The zero-order chi connectivity index (χ0) is 48.8. The first-order chi connectivity index (χ1) is 32.1. The van der Waals surface area contributed by atoms with Crippen molar-refractivity contribution in [2.75, 3.05) is 6.61 Å². The molecule has 0 bridgehead atoms. The van der Waals surface area contributed by atoms with Crippen molar-refractivity contribution in [2.45, 2.75) is 241 Å². The van der Waals surface area contributed by atoms with Crippen molar-refractivity contribution in [3.63, 3.8) is 0 Å². The SMILES string of the molecule is CC(=O)O[C@H]1C[C@H](OC2[C@@H](O)C[C@H](O[C@H]3[C@@H](O)C[C@H](O[C@H]4CC[C@@]5(C)[C@H](CC[C@@H]6[C@@H]5C[C@@H](O)[C@]5(C)[C@@H](C7=CC(=O)OC7)CC[C@]65O)C4)O[C@@H]3C)O[C@@H]2C)O[C@H](C)[C@H]1O[C@@H]1O[C@H](C)[C@@H](O)[C@H](O)[C@H]1O. The van der Waals surface area contributed by atoms with Gasteiger partial charge in [0.25, 0.3) is 0 Å².